The van der Waals surface area contributed by atoms with E-state index in [-0.39, 0.29) is 17.7 Å². The van der Waals surface area contributed by atoms with E-state index in [0.717, 1.165) is 23.0 Å². The summed E-state index contributed by atoms with van der Waals surface area (Å²) >= 11 is 0. The van der Waals surface area contributed by atoms with Gasteiger partial charge in [0.25, 0.3) is 5.91 Å². The SMILES string of the molecule is COc1nc(C)cc(C)c1C(=O)Nc1cc(C#N)ccc1N1CCC(Oc2ccc(F)cc2F)CC1. The molecule has 2 aromatic carbocycles. The zero-order chi connectivity index (χ0) is 25.8. The second kappa shape index (κ2) is 10.6. The quantitative estimate of drug-likeness (QED) is 0.512. The van der Waals surface area contributed by atoms with E-state index in [1.54, 1.807) is 24.3 Å². The highest BCUT2D eigenvalue weighted by Crippen LogP contribution is 2.32. The molecule has 2 heterocycles. The lowest BCUT2D eigenvalue weighted by Crippen LogP contribution is -2.38. The van der Waals surface area contributed by atoms with Crippen molar-refractivity contribution in [2.45, 2.75) is 32.8 Å². The van der Waals surface area contributed by atoms with E-state index in [1.807, 2.05) is 13.8 Å². The van der Waals surface area contributed by atoms with Gasteiger partial charge >= 0.3 is 0 Å². The number of nitriles is 1. The van der Waals surface area contributed by atoms with Crippen molar-refractivity contribution in [2.75, 3.05) is 30.4 Å². The van der Waals surface area contributed by atoms with Crippen LogP contribution in [0.5, 0.6) is 11.6 Å². The van der Waals surface area contributed by atoms with E-state index in [2.05, 4.69) is 21.3 Å². The molecule has 1 aliphatic heterocycles. The van der Waals surface area contributed by atoms with Crippen LogP contribution in [0.3, 0.4) is 0 Å². The van der Waals surface area contributed by atoms with Crippen LogP contribution < -0.4 is 19.7 Å². The standard InChI is InChI=1S/C27H26F2N4O3/c1-16-12-17(2)31-27(35-3)25(16)26(34)32-22-13-18(15-30)4-6-23(22)33-10-8-20(9-11-33)36-24-7-5-19(28)14-21(24)29/h4-7,12-14,20H,8-11H2,1-3H3,(H,32,34). The molecule has 9 heteroatoms. The van der Waals surface area contributed by atoms with Crippen molar-refractivity contribution in [1.82, 2.24) is 4.98 Å². The Morgan fingerprint density at radius 3 is 2.56 bits per heavy atom. The Balaban J connectivity index is 1.52. The van der Waals surface area contributed by atoms with Crippen LogP contribution in [0.4, 0.5) is 20.2 Å². The van der Waals surface area contributed by atoms with Gasteiger partial charge < -0.3 is 19.7 Å². The topological polar surface area (TPSA) is 87.5 Å². The van der Waals surface area contributed by atoms with Crippen LogP contribution in [-0.2, 0) is 0 Å². The van der Waals surface area contributed by atoms with Crippen molar-refractivity contribution < 1.29 is 23.0 Å². The second-order valence-corrected chi connectivity index (χ2v) is 8.64. The minimum Gasteiger partial charge on any atom is -0.487 e. The molecule has 0 bridgehead atoms. The van der Waals surface area contributed by atoms with E-state index in [4.69, 9.17) is 9.47 Å². The summed E-state index contributed by atoms with van der Waals surface area (Å²) < 4.78 is 38.3. The van der Waals surface area contributed by atoms with E-state index < -0.39 is 17.5 Å². The molecule has 3 aromatic rings. The van der Waals surface area contributed by atoms with Gasteiger partial charge in [-0.1, -0.05) is 0 Å². The highest BCUT2D eigenvalue weighted by Gasteiger charge is 2.25. The number of amides is 1. The number of carbonyl (C=O) groups excluding carboxylic acids is 1. The number of rotatable bonds is 6. The number of halogens is 2. The Morgan fingerprint density at radius 2 is 1.89 bits per heavy atom. The summed E-state index contributed by atoms with van der Waals surface area (Å²) in [5, 5.41) is 12.3. The van der Waals surface area contributed by atoms with E-state index >= 15 is 0 Å². The van der Waals surface area contributed by atoms with Gasteiger partial charge in [0.15, 0.2) is 11.6 Å². The number of pyridine rings is 1. The number of nitrogens with one attached hydrogen (secondary N) is 1. The third kappa shape index (κ3) is 5.38. The van der Waals surface area contributed by atoms with Crippen LogP contribution in [0.25, 0.3) is 0 Å². The molecule has 0 saturated carbocycles. The Kier molecular flexibility index (Phi) is 7.34. The number of hydrogen-bond donors (Lipinski definition) is 1. The number of methoxy groups -OCH3 is 1. The van der Waals surface area contributed by atoms with Gasteiger partial charge in [-0.25, -0.2) is 13.8 Å². The number of nitrogens with zero attached hydrogens (tertiary/aromatic N) is 3. The number of ether oxygens (including phenoxy) is 2. The molecule has 1 N–H and O–H groups in total. The van der Waals surface area contributed by atoms with Crippen molar-refractivity contribution in [1.29, 1.82) is 5.26 Å². The zero-order valence-corrected chi connectivity index (χ0v) is 20.3. The maximum absolute atomic E-state index is 14.0. The summed E-state index contributed by atoms with van der Waals surface area (Å²) in [5.41, 5.74) is 3.43. The number of anilines is 2. The van der Waals surface area contributed by atoms with Crippen molar-refractivity contribution in [3.63, 3.8) is 0 Å². The van der Waals surface area contributed by atoms with Crippen LogP contribution in [0.1, 0.15) is 40.0 Å². The van der Waals surface area contributed by atoms with Gasteiger partial charge in [0.1, 0.15) is 17.5 Å². The monoisotopic (exact) mass is 492 g/mol. The largest absolute Gasteiger partial charge is 0.487 e. The first kappa shape index (κ1) is 24.9. The molecule has 7 nitrogen and oxygen atoms in total. The minimum atomic E-state index is -0.731. The molecule has 4 rings (SSSR count). The maximum Gasteiger partial charge on any atom is 0.261 e. The van der Waals surface area contributed by atoms with Crippen molar-refractivity contribution in [3.05, 3.63) is 76.5 Å². The van der Waals surface area contributed by atoms with Crippen molar-refractivity contribution in [3.8, 4) is 17.7 Å². The summed E-state index contributed by atoms with van der Waals surface area (Å²) in [4.78, 5) is 19.6. The fourth-order valence-corrected chi connectivity index (χ4v) is 4.36. The summed E-state index contributed by atoms with van der Waals surface area (Å²) in [6, 6.07) is 12.3. The van der Waals surface area contributed by atoms with Crippen LogP contribution in [-0.4, -0.2) is 37.2 Å². The fraction of sp³-hybridized carbons (Fsp3) is 0.296. The van der Waals surface area contributed by atoms with Gasteiger partial charge in [-0.05, 0) is 55.8 Å². The van der Waals surface area contributed by atoms with Crippen LogP contribution >= 0.6 is 0 Å². The predicted molar refractivity (Wildman–Crippen MR) is 132 cm³/mol. The number of carbonyl (C=O) groups is 1. The molecule has 0 aliphatic carbocycles. The molecule has 1 amide bonds. The highest BCUT2D eigenvalue weighted by atomic mass is 19.1. The first-order chi connectivity index (χ1) is 17.3. The average molecular weight is 493 g/mol. The molecule has 1 aliphatic rings. The van der Waals surface area contributed by atoms with Crippen LogP contribution in [0.2, 0.25) is 0 Å². The van der Waals surface area contributed by atoms with Gasteiger partial charge in [-0.15, -0.1) is 0 Å². The fourth-order valence-electron chi connectivity index (χ4n) is 4.36. The highest BCUT2D eigenvalue weighted by molar-refractivity contribution is 6.08. The minimum absolute atomic E-state index is 0.0252. The van der Waals surface area contributed by atoms with Gasteiger partial charge in [0.2, 0.25) is 5.88 Å². The summed E-state index contributed by atoms with van der Waals surface area (Å²) in [5.74, 6) is -1.52. The number of benzene rings is 2. The number of aryl methyl sites for hydroxylation is 2. The summed E-state index contributed by atoms with van der Waals surface area (Å²) in [6.07, 6.45) is 0.959. The second-order valence-electron chi connectivity index (χ2n) is 8.64. The number of aromatic nitrogens is 1. The van der Waals surface area contributed by atoms with Crippen LogP contribution in [0.15, 0.2) is 42.5 Å². The predicted octanol–water partition coefficient (Wildman–Crippen LogP) is 5.16. The van der Waals surface area contributed by atoms with E-state index in [1.165, 1.54) is 19.2 Å². The number of piperidine rings is 1. The molecule has 0 spiro atoms. The molecular formula is C27H26F2N4O3. The molecule has 1 fully saturated rings. The normalized spacial score (nSPS) is 13.7. The lowest BCUT2D eigenvalue weighted by molar-refractivity contribution is 0.102. The van der Waals surface area contributed by atoms with E-state index in [9.17, 15) is 18.8 Å². The third-order valence-electron chi connectivity index (χ3n) is 6.08. The summed E-state index contributed by atoms with van der Waals surface area (Å²) in [6.45, 7) is 4.80. The first-order valence-electron chi connectivity index (χ1n) is 11.5. The lowest BCUT2D eigenvalue weighted by Gasteiger charge is -2.35. The Labute approximate surface area is 208 Å². The summed E-state index contributed by atoms with van der Waals surface area (Å²) in [7, 11) is 1.46. The molecule has 0 atom stereocenters. The Morgan fingerprint density at radius 1 is 1.14 bits per heavy atom. The molecule has 186 valence electrons. The van der Waals surface area contributed by atoms with Crippen LogP contribution in [0, 0.1) is 36.8 Å². The van der Waals surface area contributed by atoms with E-state index in [0.29, 0.717) is 42.7 Å². The smallest absolute Gasteiger partial charge is 0.261 e. The lowest BCUT2D eigenvalue weighted by atomic mass is 10.0. The van der Waals surface area contributed by atoms with Gasteiger partial charge in [0.05, 0.1) is 30.1 Å². The number of hydrogen-bond acceptors (Lipinski definition) is 6. The van der Waals surface area contributed by atoms with Gasteiger partial charge in [0, 0.05) is 37.7 Å². The van der Waals surface area contributed by atoms with Crippen molar-refractivity contribution >= 4 is 17.3 Å². The molecule has 0 radical (unpaired) electrons. The van der Waals surface area contributed by atoms with Gasteiger partial charge in [-0.2, -0.15) is 5.26 Å². The molecule has 1 saturated heterocycles. The molecule has 36 heavy (non-hydrogen) atoms. The van der Waals surface area contributed by atoms with Gasteiger partial charge in [-0.3, -0.25) is 4.79 Å². The Bertz CT molecular complexity index is 1330. The van der Waals surface area contributed by atoms with Crippen molar-refractivity contribution in [2.24, 2.45) is 0 Å². The molecular weight excluding hydrogens is 466 g/mol. The molecule has 1 aromatic heterocycles. The Hall–Kier alpha value is -4.19. The third-order valence-corrected chi connectivity index (χ3v) is 6.08. The molecule has 0 unspecified atom stereocenters. The first-order valence-corrected chi connectivity index (χ1v) is 11.5. The zero-order valence-electron chi connectivity index (χ0n) is 20.3. The average Bonchev–Trinajstić information content (AvgIpc) is 2.85. The maximum atomic E-state index is 14.0.